The predicted octanol–water partition coefficient (Wildman–Crippen LogP) is 8.26. The number of allylic oxidation sites excluding steroid dienone is 6. The second-order valence-corrected chi connectivity index (χ2v) is 8.62. The van der Waals surface area contributed by atoms with Crippen molar-refractivity contribution in [2.75, 3.05) is 0 Å². The summed E-state index contributed by atoms with van der Waals surface area (Å²) < 4.78 is 0. The molecule has 2 rings (SSSR count). The predicted molar refractivity (Wildman–Crippen MR) is 113 cm³/mol. The van der Waals surface area contributed by atoms with Gasteiger partial charge in [-0.2, -0.15) is 0 Å². The van der Waals surface area contributed by atoms with E-state index in [0.29, 0.717) is 0 Å². The summed E-state index contributed by atoms with van der Waals surface area (Å²) >= 11 is 0. The SMILES string of the molecule is C/C=C\C[C@H]1CC[C@H](CC/C=C/[C@H]2CC[C@H](CC/C=C/C)CC2)CC1. The van der Waals surface area contributed by atoms with E-state index in [2.05, 4.69) is 50.3 Å². The van der Waals surface area contributed by atoms with Crippen molar-refractivity contribution >= 4 is 0 Å². The van der Waals surface area contributed by atoms with E-state index in [1.54, 1.807) is 0 Å². The first-order valence-corrected chi connectivity index (χ1v) is 11.2. The van der Waals surface area contributed by atoms with Crippen molar-refractivity contribution in [1.82, 2.24) is 0 Å². The maximum absolute atomic E-state index is 2.57. The zero-order valence-corrected chi connectivity index (χ0v) is 17.0. The van der Waals surface area contributed by atoms with Crippen LogP contribution in [-0.2, 0) is 0 Å². The highest BCUT2D eigenvalue weighted by atomic mass is 14.3. The fourth-order valence-electron chi connectivity index (χ4n) is 4.87. The van der Waals surface area contributed by atoms with Crippen LogP contribution in [0.15, 0.2) is 36.5 Å². The van der Waals surface area contributed by atoms with Gasteiger partial charge in [-0.15, -0.1) is 0 Å². The van der Waals surface area contributed by atoms with E-state index in [-0.39, 0.29) is 0 Å². The molecule has 25 heavy (non-hydrogen) atoms. The molecule has 142 valence electrons. The summed E-state index contributed by atoms with van der Waals surface area (Å²) in [6.45, 7) is 4.28. The standard InChI is InChI=1S/C25H42/c1-3-5-7-11-23-18-20-25(21-19-23)13-9-8-12-24-16-14-22(15-17-24)10-6-4-2/h3-6,9,13,22-25H,7-8,10-12,14-21H2,1-2H3/b5-3+,6-4-,13-9+/t22-,23-,24-,25-. The van der Waals surface area contributed by atoms with Gasteiger partial charge in [0.1, 0.15) is 0 Å². The number of hydrogen-bond acceptors (Lipinski definition) is 0. The van der Waals surface area contributed by atoms with Gasteiger partial charge in [-0.3, -0.25) is 0 Å². The van der Waals surface area contributed by atoms with Gasteiger partial charge in [-0.1, -0.05) is 49.3 Å². The Morgan fingerprint density at radius 3 is 1.72 bits per heavy atom. The minimum absolute atomic E-state index is 0.884. The van der Waals surface area contributed by atoms with E-state index in [1.165, 1.54) is 83.5 Å². The molecule has 0 heteroatoms. The Bertz CT molecular complexity index is 398. The molecule has 0 N–H and O–H groups in total. The highest BCUT2D eigenvalue weighted by Crippen LogP contribution is 2.34. The van der Waals surface area contributed by atoms with Gasteiger partial charge in [0.2, 0.25) is 0 Å². The molecule has 2 saturated carbocycles. The lowest BCUT2D eigenvalue weighted by Gasteiger charge is -2.28. The van der Waals surface area contributed by atoms with Gasteiger partial charge in [0, 0.05) is 0 Å². The maximum atomic E-state index is 2.57. The fraction of sp³-hybridized carbons (Fsp3) is 0.760. The summed E-state index contributed by atoms with van der Waals surface area (Å²) in [5, 5.41) is 0. The summed E-state index contributed by atoms with van der Waals surface area (Å²) in [5.74, 6) is 3.87. The lowest BCUT2D eigenvalue weighted by molar-refractivity contribution is 0.265. The molecule has 2 aliphatic rings. The fourth-order valence-corrected chi connectivity index (χ4v) is 4.87. The Labute approximate surface area is 157 Å². The van der Waals surface area contributed by atoms with Crippen molar-refractivity contribution in [3.05, 3.63) is 36.5 Å². The minimum atomic E-state index is 0.884. The summed E-state index contributed by atoms with van der Waals surface area (Å²) in [4.78, 5) is 0. The Hall–Kier alpha value is -0.780. The molecule has 0 unspecified atom stereocenters. The first-order chi connectivity index (χ1) is 12.3. The van der Waals surface area contributed by atoms with Crippen LogP contribution in [0.4, 0.5) is 0 Å². The van der Waals surface area contributed by atoms with Crippen LogP contribution < -0.4 is 0 Å². The molecule has 0 aromatic heterocycles. The molecule has 0 radical (unpaired) electrons. The minimum Gasteiger partial charge on any atom is -0.0917 e. The van der Waals surface area contributed by atoms with E-state index >= 15 is 0 Å². The summed E-state index contributed by atoms with van der Waals surface area (Å²) in [6.07, 6.45) is 32.7. The van der Waals surface area contributed by atoms with Crippen LogP contribution in [0.25, 0.3) is 0 Å². The molecule has 0 amide bonds. The van der Waals surface area contributed by atoms with Crippen molar-refractivity contribution < 1.29 is 0 Å². The van der Waals surface area contributed by atoms with Crippen molar-refractivity contribution in [1.29, 1.82) is 0 Å². The molecule has 0 heterocycles. The Kier molecular flexibility index (Phi) is 10.3. The smallest absolute Gasteiger partial charge is 0.0233 e. The van der Waals surface area contributed by atoms with Gasteiger partial charge in [0.25, 0.3) is 0 Å². The van der Waals surface area contributed by atoms with Crippen molar-refractivity contribution in [2.24, 2.45) is 23.7 Å². The van der Waals surface area contributed by atoms with Crippen molar-refractivity contribution in [2.45, 2.75) is 97.3 Å². The van der Waals surface area contributed by atoms with Gasteiger partial charge in [-0.25, -0.2) is 0 Å². The van der Waals surface area contributed by atoms with Crippen LogP contribution in [0.5, 0.6) is 0 Å². The Morgan fingerprint density at radius 1 is 0.600 bits per heavy atom. The highest BCUT2D eigenvalue weighted by molar-refractivity contribution is 4.92. The van der Waals surface area contributed by atoms with E-state index in [4.69, 9.17) is 0 Å². The van der Waals surface area contributed by atoms with E-state index < -0.39 is 0 Å². The third kappa shape index (κ3) is 8.43. The van der Waals surface area contributed by atoms with Crippen LogP contribution in [0.3, 0.4) is 0 Å². The second-order valence-electron chi connectivity index (χ2n) is 8.62. The Balaban J connectivity index is 1.53. The molecule has 0 saturated heterocycles. The van der Waals surface area contributed by atoms with E-state index in [9.17, 15) is 0 Å². The van der Waals surface area contributed by atoms with Crippen molar-refractivity contribution in [3.63, 3.8) is 0 Å². The van der Waals surface area contributed by atoms with Gasteiger partial charge in [0.05, 0.1) is 0 Å². The zero-order valence-electron chi connectivity index (χ0n) is 17.0. The topological polar surface area (TPSA) is 0 Å². The average molecular weight is 343 g/mol. The normalized spacial score (nSPS) is 31.4. The highest BCUT2D eigenvalue weighted by Gasteiger charge is 2.20. The van der Waals surface area contributed by atoms with Gasteiger partial charge in [0.15, 0.2) is 0 Å². The van der Waals surface area contributed by atoms with Gasteiger partial charge in [-0.05, 0) is 108 Å². The molecule has 0 aromatic rings. The number of hydrogen-bond donors (Lipinski definition) is 0. The molecule has 0 nitrogen and oxygen atoms in total. The molecular formula is C25H42. The summed E-state index contributed by atoms with van der Waals surface area (Å²) in [6, 6.07) is 0. The molecule has 0 aliphatic heterocycles. The second kappa shape index (κ2) is 12.6. The largest absolute Gasteiger partial charge is 0.0917 e. The van der Waals surface area contributed by atoms with Crippen LogP contribution >= 0.6 is 0 Å². The third-order valence-electron chi connectivity index (χ3n) is 6.69. The van der Waals surface area contributed by atoms with Gasteiger partial charge < -0.3 is 0 Å². The molecule has 0 bridgehead atoms. The van der Waals surface area contributed by atoms with Crippen LogP contribution in [-0.4, -0.2) is 0 Å². The molecule has 0 spiro atoms. The molecule has 0 atom stereocenters. The van der Waals surface area contributed by atoms with Crippen LogP contribution in [0.1, 0.15) is 97.3 Å². The van der Waals surface area contributed by atoms with Crippen LogP contribution in [0, 0.1) is 23.7 Å². The quantitative estimate of drug-likeness (QED) is 0.370. The van der Waals surface area contributed by atoms with Crippen LogP contribution in [0.2, 0.25) is 0 Å². The first-order valence-electron chi connectivity index (χ1n) is 11.2. The lowest BCUT2D eigenvalue weighted by atomic mass is 9.78. The third-order valence-corrected chi connectivity index (χ3v) is 6.69. The maximum Gasteiger partial charge on any atom is -0.0233 e. The van der Waals surface area contributed by atoms with Crippen molar-refractivity contribution in [3.8, 4) is 0 Å². The molecule has 0 aromatic carbocycles. The van der Waals surface area contributed by atoms with Gasteiger partial charge >= 0.3 is 0 Å². The molecule has 2 fully saturated rings. The summed E-state index contributed by atoms with van der Waals surface area (Å²) in [7, 11) is 0. The monoisotopic (exact) mass is 342 g/mol. The lowest BCUT2D eigenvalue weighted by Crippen LogP contribution is -2.14. The zero-order chi connectivity index (χ0) is 17.7. The number of rotatable bonds is 9. The Morgan fingerprint density at radius 2 is 1.12 bits per heavy atom. The first kappa shape index (κ1) is 20.5. The van der Waals surface area contributed by atoms with E-state index in [1.807, 2.05) is 0 Å². The molecule has 2 aliphatic carbocycles. The molecular weight excluding hydrogens is 300 g/mol. The average Bonchev–Trinajstić information content (AvgIpc) is 2.66. The summed E-state index contributed by atoms with van der Waals surface area (Å²) in [5.41, 5.74) is 0. The van der Waals surface area contributed by atoms with E-state index in [0.717, 1.165) is 23.7 Å².